The lowest BCUT2D eigenvalue weighted by molar-refractivity contribution is 0.189. The van der Waals surface area contributed by atoms with Crippen LogP contribution in [0.1, 0.15) is 13.3 Å². The number of nitrogens with two attached hydrogens (primary N) is 1. The molecular formula is C12H15FN2O2. The van der Waals surface area contributed by atoms with E-state index in [0.717, 1.165) is 6.42 Å². The fourth-order valence-corrected chi connectivity index (χ4v) is 1.73. The standard InChI is InChI=1S/C12H15FN2O2/c1-8(6-10-7-16-12(14)15-10)17-11-4-2-9(13)3-5-11/h2-5,8,10H,6-7H2,1H3,(H2,14,15)/t8-,10?/m1/s1. The van der Waals surface area contributed by atoms with Crippen LogP contribution in [0.15, 0.2) is 29.3 Å². The number of hydrogen-bond donors (Lipinski definition) is 1. The summed E-state index contributed by atoms with van der Waals surface area (Å²) in [6.45, 7) is 2.44. The van der Waals surface area contributed by atoms with Crippen molar-refractivity contribution in [1.29, 1.82) is 0 Å². The molecule has 1 aliphatic rings. The van der Waals surface area contributed by atoms with Crippen LogP contribution in [0.2, 0.25) is 0 Å². The van der Waals surface area contributed by atoms with Crippen LogP contribution in [0, 0.1) is 5.82 Å². The lowest BCUT2D eigenvalue weighted by atomic mass is 10.1. The maximum Gasteiger partial charge on any atom is 0.282 e. The second-order valence-corrected chi connectivity index (χ2v) is 4.05. The van der Waals surface area contributed by atoms with Gasteiger partial charge in [-0.05, 0) is 31.2 Å². The molecule has 1 unspecified atom stereocenters. The minimum absolute atomic E-state index is 0.0243. The van der Waals surface area contributed by atoms with E-state index in [0.29, 0.717) is 12.4 Å². The SMILES string of the molecule is C[C@H](CC1COC(N)=N1)Oc1ccc(F)cc1. The molecule has 17 heavy (non-hydrogen) atoms. The van der Waals surface area contributed by atoms with E-state index in [9.17, 15) is 4.39 Å². The third kappa shape index (κ3) is 3.34. The van der Waals surface area contributed by atoms with Gasteiger partial charge in [0.05, 0.1) is 12.1 Å². The Kier molecular flexibility index (Phi) is 3.46. The predicted octanol–water partition coefficient (Wildman–Crippen LogP) is 1.70. The van der Waals surface area contributed by atoms with Crippen LogP contribution in [0.25, 0.3) is 0 Å². The molecule has 2 atom stereocenters. The van der Waals surface area contributed by atoms with Gasteiger partial charge in [0.25, 0.3) is 6.02 Å². The summed E-state index contributed by atoms with van der Waals surface area (Å²) < 4.78 is 23.4. The number of nitrogens with zero attached hydrogens (tertiary/aromatic N) is 1. The van der Waals surface area contributed by atoms with E-state index < -0.39 is 0 Å². The molecule has 2 N–H and O–H groups in total. The minimum Gasteiger partial charge on any atom is -0.491 e. The van der Waals surface area contributed by atoms with E-state index >= 15 is 0 Å². The van der Waals surface area contributed by atoms with Crippen molar-refractivity contribution in [2.24, 2.45) is 10.7 Å². The van der Waals surface area contributed by atoms with E-state index in [1.807, 2.05) is 6.92 Å². The molecule has 1 heterocycles. The van der Waals surface area contributed by atoms with Gasteiger partial charge in [-0.1, -0.05) is 0 Å². The van der Waals surface area contributed by atoms with Crippen LogP contribution < -0.4 is 10.5 Å². The van der Waals surface area contributed by atoms with E-state index in [1.54, 1.807) is 12.1 Å². The van der Waals surface area contributed by atoms with Crippen molar-refractivity contribution in [2.75, 3.05) is 6.61 Å². The average Bonchev–Trinajstić information content (AvgIpc) is 2.67. The molecule has 92 valence electrons. The summed E-state index contributed by atoms with van der Waals surface area (Å²) >= 11 is 0. The molecule has 0 saturated carbocycles. The zero-order valence-corrected chi connectivity index (χ0v) is 9.60. The molecule has 5 heteroatoms. The Balaban J connectivity index is 1.85. The van der Waals surface area contributed by atoms with Crippen molar-refractivity contribution in [3.8, 4) is 5.75 Å². The van der Waals surface area contributed by atoms with Gasteiger partial charge in [0.15, 0.2) is 0 Å². The quantitative estimate of drug-likeness (QED) is 0.868. The van der Waals surface area contributed by atoms with Gasteiger partial charge in [0.1, 0.15) is 18.2 Å². The molecule has 0 amide bonds. The van der Waals surface area contributed by atoms with Gasteiger partial charge in [0, 0.05) is 6.42 Å². The van der Waals surface area contributed by atoms with Crippen LogP contribution in [-0.4, -0.2) is 24.8 Å². The smallest absolute Gasteiger partial charge is 0.282 e. The Morgan fingerprint density at radius 1 is 1.53 bits per heavy atom. The van der Waals surface area contributed by atoms with E-state index in [1.165, 1.54) is 12.1 Å². The largest absolute Gasteiger partial charge is 0.491 e. The van der Waals surface area contributed by atoms with E-state index in [-0.39, 0.29) is 24.0 Å². The van der Waals surface area contributed by atoms with Gasteiger partial charge in [-0.2, -0.15) is 0 Å². The molecule has 0 aliphatic carbocycles. The van der Waals surface area contributed by atoms with Crippen molar-refractivity contribution >= 4 is 6.02 Å². The molecule has 0 bridgehead atoms. The highest BCUT2D eigenvalue weighted by molar-refractivity contribution is 5.72. The van der Waals surface area contributed by atoms with Gasteiger partial charge < -0.3 is 15.2 Å². The number of ether oxygens (including phenoxy) is 2. The summed E-state index contributed by atoms with van der Waals surface area (Å²) in [4.78, 5) is 4.12. The third-order valence-corrected chi connectivity index (χ3v) is 2.49. The molecule has 1 aliphatic heterocycles. The van der Waals surface area contributed by atoms with Crippen LogP contribution in [0.5, 0.6) is 5.75 Å². The second kappa shape index (κ2) is 5.03. The fraction of sp³-hybridized carbons (Fsp3) is 0.417. The molecule has 0 fully saturated rings. The van der Waals surface area contributed by atoms with Gasteiger partial charge in [0.2, 0.25) is 0 Å². The zero-order chi connectivity index (χ0) is 12.3. The number of benzene rings is 1. The van der Waals surface area contributed by atoms with Crippen LogP contribution >= 0.6 is 0 Å². The molecule has 0 aromatic heterocycles. The molecule has 2 rings (SSSR count). The molecule has 1 aromatic carbocycles. The Morgan fingerprint density at radius 3 is 2.82 bits per heavy atom. The van der Waals surface area contributed by atoms with Crippen LogP contribution in [0.3, 0.4) is 0 Å². The van der Waals surface area contributed by atoms with Crippen molar-refractivity contribution in [3.63, 3.8) is 0 Å². The summed E-state index contributed by atoms with van der Waals surface area (Å²) in [5.74, 6) is 0.376. The van der Waals surface area contributed by atoms with E-state index in [4.69, 9.17) is 15.2 Å². The Hall–Kier alpha value is -1.78. The van der Waals surface area contributed by atoms with Crippen molar-refractivity contribution in [1.82, 2.24) is 0 Å². The van der Waals surface area contributed by atoms with Gasteiger partial charge >= 0.3 is 0 Å². The van der Waals surface area contributed by atoms with Gasteiger partial charge in [-0.25, -0.2) is 9.38 Å². The maximum atomic E-state index is 12.7. The third-order valence-electron chi connectivity index (χ3n) is 2.49. The lowest BCUT2D eigenvalue weighted by Gasteiger charge is -2.16. The first-order chi connectivity index (χ1) is 8.13. The average molecular weight is 238 g/mol. The van der Waals surface area contributed by atoms with Crippen LogP contribution in [0.4, 0.5) is 4.39 Å². The highest BCUT2D eigenvalue weighted by Crippen LogP contribution is 2.17. The minimum atomic E-state index is -0.272. The first-order valence-corrected chi connectivity index (χ1v) is 5.52. The molecule has 4 nitrogen and oxygen atoms in total. The summed E-state index contributed by atoms with van der Waals surface area (Å²) in [5.41, 5.74) is 5.42. The molecule has 0 radical (unpaired) electrons. The number of aliphatic imine (C=N–C) groups is 1. The first kappa shape index (κ1) is 11.7. The zero-order valence-electron chi connectivity index (χ0n) is 9.60. The van der Waals surface area contributed by atoms with Crippen molar-refractivity contribution in [2.45, 2.75) is 25.5 Å². The van der Waals surface area contributed by atoms with Gasteiger partial charge in [-0.15, -0.1) is 0 Å². The second-order valence-electron chi connectivity index (χ2n) is 4.05. The fourth-order valence-electron chi connectivity index (χ4n) is 1.73. The summed E-state index contributed by atoms with van der Waals surface area (Å²) in [7, 11) is 0. The van der Waals surface area contributed by atoms with Crippen molar-refractivity contribution < 1.29 is 13.9 Å². The topological polar surface area (TPSA) is 56.8 Å². The number of halogens is 1. The number of amidine groups is 1. The normalized spacial score (nSPS) is 20.6. The molecule has 0 spiro atoms. The summed E-state index contributed by atoms with van der Waals surface area (Å²) in [5, 5.41) is 0. The van der Waals surface area contributed by atoms with E-state index in [2.05, 4.69) is 4.99 Å². The highest BCUT2D eigenvalue weighted by Gasteiger charge is 2.20. The molecule has 0 saturated heterocycles. The highest BCUT2D eigenvalue weighted by atomic mass is 19.1. The number of hydrogen-bond acceptors (Lipinski definition) is 4. The lowest BCUT2D eigenvalue weighted by Crippen LogP contribution is -2.20. The van der Waals surface area contributed by atoms with Crippen LogP contribution in [-0.2, 0) is 4.74 Å². The Morgan fingerprint density at radius 2 is 2.24 bits per heavy atom. The maximum absolute atomic E-state index is 12.7. The van der Waals surface area contributed by atoms with Gasteiger partial charge in [-0.3, -0.25) is 0 Å². The molecule has 1 aromatic rings. The monoisotopic (exact) mass is 238 g/mol. The summed E-state index contributed by atoms with van der Waals surface area (Å²) in [6, 6.07) is 6.24. The first-order valence-electron chi connectivity index (χ1n) is 5.52. The number of rotatable bonds is 4. The predicted molar refractivity (Wildman–Crippen MR) is 62.5 cm³/mol. The molecular weight excluding hydrogens is 223 g/mol. The van der Waals surface area contributed by atoms with Crippen molar-refractivity contribution in [3.05, 3.63) is 30.1 Å². The Bertz CT molecular complexity index is 405. The Labute approximate surface area is 99.2 Å². The summed E-state index contributed by atoms with van der Waals surface area (Å²) in [6.07, 6.45) is 0.696.